The Balaban J connectivity index is 1.63. The summed E-state index contributed by atoms with van der Waals surface area (Å²) in [7, 11) is 2.90. The van der Waals surface area contributed by atoms with E-state index in [1.165, 1.54) is 36.5 Å². The Morgan fingerprint density at radius 2 is 1.90 bits per heavy atom. The molecule has 1 aromatic carbocycles. The summed E-state index contributed by atoms with van der Waals surface area (Å²) in [6.07, 6.45) is 1.40. The van der Waals surface area contributed by atoms with Crippen LogP contribution in [0.5, 0.6) is 0 Å². The van der Waals surface area contributed by atoms with Crippen molar-refractivity contribution in [2.45, 2.75) is 19.5 Å². The quantitative estimate of drug-likeness (QED) is 0.564. The van der Waals surface area contributed by atoms with Crippen molar-refractivity contribution in [2.75, 3.05) is 6.61 Å². The van der Waals surface area contributed by atoms with E-state index in [1.54, 1.807) is 24.3 Å². The number of amides is 1. The third-order valence-electron chi connectivity index (χ3n) is 4.61. The molecule has 158 valence electrons. The zero-order chi connectivity index (χ0) is 22.0. The minimum atomic E-state index is -0.901. The van der Waals surface area contributed by atoms with Crippen LogP contribution in [-0.4, -0.2) is 43.2 Å². The maximum Gasteiger partial charge on any atom is 0.332 e. The van der Waals surface area contributed by atoms with Gasteiger partial charge in [0.1, 0.15) is 12.6 Å². The molecule has 3 rings (SSSR count). The first kappa shape index (κ1) is 21.3. The summed E-state index contributed by atoms with van der Waals surface area (Å²) in [6.45, 7) is 1.60. The third-order valence-corrected chi connectivity index (χ3v) is 4.94. The third kappa shape index (κ3) is 3.99. The number of aryl methyl sites for hydroxylation is 1. The number of carbonyl (C=O) groups is 2. The van der Waals surface area contributed by atoms with E-state index < -0.39 is 29.2 Å². The molecular formula is C19H20ClN5O5. The van der Waals surface area contributed by atoms with Crippen molar-refractivity contribution in [3.8, 4) is 0 Å². The molecule has 2 aromatic heterocycles. The minimum Gasteiger partial charge on any atom is -0.462 e. The summed E-state index contributed by atoms with van der Waals surface area (Å²) in [5, 5.41) is 2.81. The van der Waals surface area contributed by atoms with Gasteiger partial charge in [-0.15, -0.1) is 0 Å². The van der Waals surface area contributed by atoms with Gasteiger partial charge in [-0.2, -0.15) is 0 Å². The molecule has 0 saturated heterocycles. The summed E-state index contributed by atoms with van der Waals surface area (Å²) in [4.78, 5) is 52.9. The first-order chi connectivity index (χ1) is 14.2. The summed E-state index contributed by atoms with van der Waals surface area (Å²) in [5.74, 6) is -1.13. The van der Waals surface area contributed by atoms with Crippen molar-refractivity contribution < 1.29 is 14.3 Å². The number of carbonyl (C=O) groups excluding carboxylic acids is 2. The van der Waals surface area contributed by atoms with E-state index in [4.69, 9.17) is 16.3 Å². The van der Waals surface area contributed by atoms with Gasteiger partial charge in [0.05, 0.1) is 23.5 Å². The van der Waals surface area contributed by atoms with Gasteiger partial charge in [0, 0.05) is 14.1 Å². The van der Waals surface area contributed by atoms with Crippen molar-refractivity contribution >= 4 is 34.6 Å². The highest BCUT2D eigenvalue weighted by Gasteiger charge is 2.20. The highest BCUT2D eigenvalue weighted by molar-refractivity contribution is 6.33. The molecule has 1 N–H and O–H groups in total. The number of benzene rings is 1. The molecule has 0 spiro atoms. The molecule has 1 atom stereocenters. The number of esters is 1. The van der Waals surface area contributed by atoms with Crippen LogP contribution >= 0.6 is 11.6 Å². The van der Waals surface area contributed by atoms with Crippen LogP contribution in [0.2, 0.25) is 5.02 Å². The fourth-order valence-corrected chi connectivity index (χ4v) is 3.14. The van der Waals surface area contributed by atoms with E-state index in [1.807, 2.05) is 0 Å². The van der Waals surface area contributed by atoms with Crippen molar-refractivity contribution in [1.29, 1.82) is 0 Å². The Kier molecular flexibility index (Phi) is 6.06. The van der Waals surface area contributed by atoms with Crippen molar-refractivity contribution in [2.24, 2.45) is 14.1 Å². The fourth-order valence-electron chi connectivity index (χ4n) is 2.91. The number of aromatic nitrogens is 4. The number of hydrogen-bond acceptors (Lipinski definition) is 6. The van der Waals surface area contributed by atoms with Crippen LogP contribution in [0.1, 0.15) is 17.3 Å². The van der Waals surface area contributed by atoms with Crippen LogP contribution in [0.15, 0.2) is 40.2 Å². The van der Waals surface area contributed by atoms with Crippen molar-refractivity contribution in [1.82, 2.24) is 24.0 Å². The molecule has 0 unspecified atom stereocenters. The van der Waals surface area contributed by atoms with Gasteiger partial charge in [-0.3, -0.25) is 18.7 Å². The maximum atomic E-state index is 12.4. The molecule has 0 saturated carbocycles. The van der Waals surface area contributed by atoms with E-state index in [0.717, 1.165) is 4.57 Å². The van der Waals surface area contributed by atoms with Crippen LogP contribution < -0.4 is 16.6 Å². The highest BCUT2D eigenvalue weighted by Crippen LogP contribution is 2.14. The normalized spacial score (nSPS) is 12.0. The standard InChI is InChI=1S/C19H20ClN5O5/c1-11(22-16(26)12-6-4-5-7-13(12)20)18(28)30-9-8-25-10-21-15-14(25)17(27)24(3)19(29)23(15)2/h4-7,10-11H,8-9H2,1-3H3,(H,22,26)/t11-/m0/s1. The van der Waals surface area contributed by atoms with Gasteiger partial charge in [0.25, 0.3) is 11.5 Å². The first-order valence-electron chi connectivity index (χ1n) is 9.05. The van der Waals surface area contributed by atoms with Crippen LogP contribution in [0, 0.1) is 0 Å². The molecule has 10 nitrogen and oxygen atoms in total. The predicted octanol–water partition coefficient (Wildman–Crippen LogP) is 0.449. The smallest absolute Gasteiger partial charge is 0.332 e. The number of fused-ring (bicyclic) bond motifs is 1. The molecule has 0 fully saturated rings. The van der Waals surface area contributed by atoms with Crippen LogP contribution in [-0.2, 0) is 30.2 Å². The van der Waals surface area contributed by atoms with Gasteiger partial charge in [0.2, 0.25) is 0 Å². The minimum absolute atomic E-state index is 0.0530. The van der Waals surface area contributed by atoms with Gasteiger partial charge in [-0.05, 0) is 19.1 Å². The molecule has 30 heavy (non-hydrogen) atoms. The lowest BCUT2D eigenvalue weighted by molar-refractivity contribution is -0.145. The monoisotopic (exact) mass is 433 g/mol. The molecule has 1 amide bonds. The predicted molar refractivity (Wildman–Crippen MR) is 110 cm³/mol. The SMILES string of the molecule is C[C@H](NC(=O)c1ccccc1Cl)C(=O)OCCn1cnc2c1c(=O)n(C)c(=O)n2C. The van der Waals surface area contributed by atoms with E-state index in [0.29, 0.717) is 0 Å². The van der Waals surface area contributed by atoms with Crippen molar-refractivity contribution in [3.63, 3.8) is 0 Å². The maximum absolute atomic E-state index is 12.4. The number of nitrogens with zero attached hydrogens (tertiary/aromatic N) is 4. The summed E-state index contributed by atoms with van der Waals surface area (Å²) in [5.41, 5.74) is -0.236. The number of nitrogens with one attached hydrogen (secondary N) is 1. The van der Waals surface area contributed by atoms with Gasteiger partial charge >= 0.3 is 11.7 Å². The number of ether oxygens (including phenoxy) is 1. The van der Waals surface area contributed by atoms with E-state index in [2.05, 4.69) is 10.3 Å². The number of imidazole rings is 1. The second kappa shape index (κ2) is 8.54. The second-order valence-electron chi connectivity index (χ2n) is 6.66. The number of hydrogen-bond donors (Lipinski definition) is 1. The molecule has 0 aliphatic heterocycles. The van der Waals surface area contributed by atoms with Crippen LogP contribution in [0.4, 0.5) is 0 Å². The van der Waals surface area contributed by atoms with Gasteiger partial charge in [-0.1, -0.05) is 23.7 Å². The van der Waals surface area contributed by atoms with E-state index in [9.17, 15) is 19.2 Å². The van der Waals surface area contributed by atoms with Crippen LogP contribution in [0.25, 0.3) is 11.2 Å². The average Bonchev–Trinajstić information content (AvgIpc) is 3.14. The molecule has 11 heteroatoms. The van der Waals surface area contributed by atoms with Gasteiger partial charge < -0.3 is 14.6 Å². The first-order valence-corrected chi connectivity index (χ1v) is 9.43. The van der Waals surface area contributed by atoms with Gasteiger partial charge in [-0.25, -0.2) is 14.6 Å². The zero-order valence-electron chi connectivity index (χ0n) is 16.6. The molecular weight excluding hydrogens is 414 g/mol. The molecule has 2 heterocycles. The summed E-state index contributed by atoms with van der Waals surface area (Å²) >= 11 is 5.98. The Labute approximate surface area is 175 Å². The summed E-state index contributed by atoms with van der Waals surface area (Å²) < 4.78 is 8.97. The lowest BCUT2D eigenvalue weighted by Gasteiger charge is -2.14. The molecule has 0 bridgehead atoms. The van der Waals surface area contributed by atoms with E-state index in [-0.39, 0.29) is 34.9 Å². The fraction of sp³-hybridized carbons (Fsp3) is 0.316. The topological polar surface area (TPSA) is 117 Å². The Bertz CT molecular complexity index is 1240. The Morgan fingerprint density at radius 3 is 2.60 bits per heavy atom. The lowest BCUT2D eigenvalue weighted by atomic mass is 10.2. The van der Waals surface area contributed by atoms with Crippen molar-refractivity contribution in [3.05, 3.63) is 62.0 Å². The highest BCUT2D eigenvalue weighted by atomic mass is 35.5. The Hall–Kier alpha value is -3.40. The number of rotatable bonds is 6. The largest absolute Gasteiger partial charge is 0.462 e. The lowest BCUT2D eigenvalue weighted by Crippen LogP contribution is -2.40. The molecule has 0 aliphatic carbocycles. The Morgan fingerprint density at radius 1 is 1.20 bits per heavy atom. The summed E-state index contributed by atoms with van der Waals surface area (Å²) in [6, 6.07) is 5.59. The van der Waals surface area contributed by atoms with E-state index >= 15 is 0 Å². The van der Waals surface area contributed by atoms with Gasteiger partial charge in [0.15, 0.2) is 11.2 Å². The number of halogens is 1. The second-order valence-corrected chi connectivity index (χ2v) is 7.07. The molecule has 0 radical (unpaired) electrons. The molecule has 0 aliphatic rings. The average molecular weight is 434 g/mol. The zero-order valence-corrected chi connectivity index (χ0v) is 17.3. The molecule has 3 aromatic rings. The van der Waals surface area contributed by atoms with Crippen LogP contribution in [0.3, 0.4) is 0 Å².